The van der Waals surface area contributed by atoms with Crippen LogP contribution in [0.3, 0.4) is 0 Å². The van der Waals surface area contributed by atoms with Crippen molar-refractivity contribution in [3.05, 3.63) is 0 Å². The van der Waals surface area contributed by atoms with Crippen LogP contribution in [0.1, 0.15) is 90.9 Å². The minimum Gasteiger partial charge on any atom is -0.466 e. The van der Waals surface area contributed by atoms with Gasteiger partial charge in [-0.2, -0.15) is 0 Å². The lowest BCUT2D eigenvalue weighted by molar-refractivity contribution is -0.143. The van der Waals surface area contributed by atoms with Crippen molar-refractivity contribution >= 4 is 11.9 Å². The predicted molar refractivity (Wildman–Crippen MR) is 90.7 cm³/mol. The molecule has 0 atom stereocenters. The van der Waals surface area contributed by atoms with Crippen LogP contribution >= 0.6 is 0 Å². The van der Waals surface area contributed by atoms with Crippen molar-refractivity contribution in [2.45, 2.75) is 90.9 Å². The summed E-state index contributed by atoms with van der Waals surface area (Å²) in [5, 5.41) is 2.79. The Labute approximate surface area is 136 Å². The Kier molecular flexibility index (Phi) is 15.5. The van der Waals surface area contributed by atoms with Gasteiger partial charge in [0, 0.05) is 19.9 Å². The molecule has 0 aromatic carbocycles. The van der Waals surface area contributed by atoms with Gasteiger partial charge in [0.1, 0.15) is 0 Å². The van der Waals surface area contributed by atoms with E-state index >= 15 is 0 Å². The van der Waals surface area contributed by atoms with Crippen LogP contribution in [0.4, 0.5) is 0 Å². The maximum Gasteiger partial charge on any atom is 0.305 e. The van der Waals surface area contributed by atoms with Crippen LogP contribution in [-0.2, 0) is 14.3 Å². The fourth-order valence-electron chi connectivity index (χ4n) is 2.33. The Balaban J connectivity index is 3.17. The van der Waals surface area contributed by atoms with Gasteiger partial charge in [0.05, 0.1) is 6.61 Å². The van der Waals surface area contributed by atoms with Crippen molar-refractivity contribution in [1.29, 1.82) is 0 Å². The summed E-state index contributed by atoms with van der Waals surface area (Å²) in [5.74, 6) is -0.0140. The Morgan fingerprint density at radius 2 is 1.41 bits per heavy atom. The van der Waals surface area contributed by atoms with Crippen LogP contribution < -0.4 is 5.32 Å². The first-order valence-corrected chi connectivity index (χ1v) is 9.07. The van der Waals surface area contributed by atoms with Crippen LogP contribution in [0.25, 0.3) is 0 Å². The topological polar surface area (TPSA) is 55.4 Å². The van der Waals surface area contributed by atoms with E-state index in [9.17, 15) is 9.59 Å². The zero-order valence-electron chi connectivity index (χ0n) is 14.6. The van der Waals surface area contributed by atoms with Crippen LogP contribution in [0, 0.1) is 0 Å². The molecule has 22 heavy (non-hydrogen) atoms. The number of carbonyl (C=O) groups is 2. The number of amides is 1. The van der Waals surface area contributed by atoms with E-state index in [1.807, 2.05) is 0 Å². The van der Waals surface area contributed by atoms with Crippen LogP contribution in [0.2, 0.25) is 0 Å². The first kappa shape index (κ1) is 20.9. The van der Waals surface area contributed by atoms with E-state index in [4.69, 9.17) is 4.74 Å². The van der Waals surface area contributed by atoms with Crippen LogP contribution in [0.5, 0.6) is 0 Å². The number of ether oxygens (including phenoxy) is 1. The quantitative estimate of drug-likeness (QED) is 0.361. The average molecular weight is 313 g/mol. The molecule has 0 spiro atoms. The molecule has 0 radical (unpaired) electrons. The van der Waals surface area contributed by atoms with Gasteiger partial charge in [-0.15, -0.1) is 0 Å². The monoisotopic (exact) mass is 313 g/mol. The molecule has 4 heteroatoms. The normalized spacial score (nSPS) is 10.5. The van der Waals surface area contributed by atoms with Crippen molar-refractivity contribution in [2.24, 2.45) is 0 Å². The Morgan fingerprint density at radius 3 is 2.09 bits per heavy atom. The second-order valence-corrected chi connectivity index (χ2v) is 5.99. The van der Waals surface area contributed by atoms with Gasteiger partial charge in [-0.1, -0.05) is 58.3 Å². The van der Waals surface area contributed by atoms with E-state index in [1.165, 1.54) is 39.0 Å². The molecule has 0 bridgehead atoms. The van der Waals surface area contributed by atoms with Crippen molar-refractivity contribution in [3.63, 3.8) is 0 Å². The van der Waals surface area contributed by atoms with E-state index in [0.717, 1.165) is 45.1 Å². The molecule has 130 valence electrons. The standard InChI is InChI=1S/C18H35NO3/c1-3-4-5-6-10-13-16-22-18(21)14-11-8-7-9-12-15-19-17(2)20/h3-16H2,1-2H3,(H,19,20). The van der Waals surface area contributed by atoms with Gasteiger partial charge in [-0.05, 0) is 19.3 Å². The summed E-state index contributed by atoms with van der Waals surface area (Å²) in [6.45, 7) is 5.10. The number of rotatable bonds is 15. The van der Waals surface area contributed by atoms with Crippen molar-refractivity contribution in [3.8, 4) is 0 Å². The summed E-state index contributed by atoms with van der Waals surface area (Å²) in [5.41, 5.74) is 0. The first-order valence-electron chi connectivity index (χ1n) is 9.07. The molecule has 0 aliphatic rings. The molecular formula is C18H35NO3. The molecule has 0 aliphatic carbocycles. The summed E-state index contributed by atoms with van der Waals surface area (Å²) < 4.78 is 5.23. The number of hydrogen-bond donors (Lipinski definition) is 1. The second-order valence-electron chi connectivity index (χ2n) is 5.99. The van der Waals surface area contributed by atoms with Gasteiger partial charge in [0.25, 0.3) is 0 Å². The largest absolute Gasteiger partial charge is 0.466 e. The van der Waals surface area contributed by atoms with Gasteiger partial charge in [0.2, 0.25) is 5.91 Å². The first-order chi connectivity index (χ1) is 10.7. The number of unbranched alkanes of at least 4 members (excludes halogenated alkanes) is 9. The highest BCUT2D eigenvalue weighted by Crippen LogP contribution is 2.07. The minimum atomic E-state index is -0.0493. The van der Waals surface area contributed by atoms with Gasteiger partial charge >= 0.3 is 5.97 Å². The van der Waals surface area contributed by atoms with Gasteiger partial charge in [0.15, 0.2) is 0 Å². The molecule has 1 amide bonds. The summed E-state index contributed by atoms with van der Waals surface area (Å²) in [6, 6.07) is 0. The summed E-state index contributed by atoms with van der Waals surface area (Å²) in [6.07, 6.45) is 13.0. The average Bonchev–Trinajstić information content (AvgIpc) is 2.48. The second kappa shape index (κ2) is 16.3. The number of hydrogen-bond acceptors (Lipinski definition) is 3. The Bertz CT molecular complexity index is 280. The lowest BCUT2D eigenvalue weighted by Gasteiger charge is -2.05. The van der Waals surface area contributed by atoms with Gasteiger partial charge in [-0.3, -0.25) is 9.59 Å². The van der Waals surface area contributed by atoms with E-state index in [0.29, 0.717) is 13.0 Å². The molecule has 0 fully saturated rings. The SMILES string of the molecule is CCCCCCCCOC(=O)CCCCCCCNC(C)=O. The zero-order chi connectivity index (χ0) is 16.5. The fourth-order valence-corrected chi connectivity index (χ4v) is 2.33. The van der Waals surface area contributed by atoms with Crippen LogP contribution in [-0.4, -0.2) is 25.0 Å². The van der Waals surface area contributed by atoms with Crippen molar-refractivity contribution in [2.75, 3.05) is 13.2 Å². The number of esters is 1. The summed E-state index contributed by atoms with van der Waals surface area (Å²) in [4.78, 5) is 22.2. The summed E-state index contributed by atoms with van der Waals surface area (Å²) >= 11 is 0. The molecule has 0 unspecified atom stereocenters. The Morgan fingerprint density at radius 1 is 0.818 bits per heavy atom. The highest BCUT2D eigenvalue weighted by atomic mass is 16.5. The van der Waals surface area contributed by atoms with Gasteiger partial charge in [-0.25, -0.2) is 0 Å². The zero-order valence-corrected chi connectivity index (χ0v) is 14.6. The summed E-state index contributed by atoms with van der Waals surface area (Å²) in [7, 11) is 0. The lowest BCUT2D eigenvalue weighted by Crippen LogP contribution is -2.20. The highest BCUT2D eigenvalue weighted by molar-refractivity contribution is 5.72. The van der Waals surface area contributed by atoms with E-state index in [2.05, 4.69) is 12.2 Å². The molecule has 0 saturated heterocycles. The van der Waals surface area contributed by atoms with Gasteiger partial charge < -0.3 is 10.1 Å². The van der Waals surface area contributed by atoms with E-state index in [1.54, 1.807) is 0 Å². The number of carbonyl (C=O) groups excluding carboxylic acids is 2. The molecule has 0 rings (SSSR count). The molecule has 0 aromatic rings. The predicted octanol–water partition coefficient (Wildman–Crippen LogP) is 4.37. The number of nitrogens with one attached hydrogen (secondary N) is 1. The Hall–Kier alpha value is -1.06. The molecule has 4 nitrogen and oxygen atoms in total. The third-order valence-corrected chi connectivity index (χ3v) is 3.69. The molecule has 1 N–H and O–H groups in total. The minimum absolute atomic E-state index is 0.0353. The van der Waals surface area contributed by atoms with Crippen molar-refractivity contribution in [1.82, 2.24) is 5.32 Å². The molecule has 0 aromatic heterocycles. The third-order valence-electron chi connectivity index (χ3n) is 3.69. The van der Waals surface area contributed by atoms with Crippen molar-refractivity contribution < 1.29 is 14.3 Å². The maximum absolute atomic E-state index is 11.5. The van der Waals surface area contributed by atoms with Crippen LogP contribution in [0.15, 0.2) is 0 Å². The van der Waals surface area contributed by atoms with E-state index in [-0.39, 0.29) is 11.9 Å². The third kappa shape index (κ3) is 17.0. The highest BCUT2D eigenvalue weighted by Gasteiger charge is 2.02. The smallest absolute Gasteiger partial charge is 0.305 e. The molecule has 0 aliphatic heterocycles. The molecular weight excluding hydrogens is 278 g/mol. The maximum atomic E-state index is 11.5. The lowest BCUT2D eigenvalue weighted by atomic mass is 10.1. The molecule has 0 saturated carbocycles. The molecule has 0 heterocycles. The fraction of sp³-hybridized carbons (Fsp3) is 0.889. The van der Waals surface area contributed by atoms with E-state index < -0.39 is 0 Å².